The van der Waals surface area contributed by atoms with Crippen molar-refractivity contribution in [2.24, 2.45) is 17.1 Å². The van der Waals surface area contributed by atoms with Crippen molar-refractivity contribution < 1.29 is 22.4 Å². The number of hydrogen-bond donors (Lipinski definition) is 1. The van der Waals surface area contributed by atoms with E-state index in [1.54, 1.807) is 0 Å². The second-order valence-corrected chi connectivity index (χ2v) is 3.75. The lowest BCUT2D eigenvalue weighted by molar-refractivity contribution is -0.129. The molecule has 0 spiro atoms. The molecule has 0 heterocycles. The van der Waals surface area contributed by atoms with E-state index in [-0.39, 0.29) is 0 Å². The van der Waals surface area contributed by atoms with Gasteiger partial charge in [-0.15, -0.1) is 0 Å². The molecule has 0 saturated carbocycles. The molecule has 2 nitrogen and oxygen atoms in total. The Hall–Kier alpha value is -1.33. The van der Waals surface area contributed by atoms with Gasteiger partial charge in [0.15, 0.2) is 5.83 Å². The van der Waals surface area contributed by atoms with E-state index < -0.39 is 41.7 Å². The third-order valence-electron chi connectivity index (χ3n) is 2.86. The first-order valence-corrected chi connectivity index (χ1v) is 4.63. The van der Waals surface area contributed by atoms with Crippen LogP contribution in [0.5, 0.6) is 0 Å². The Bertz CT molecular complexity index is 364. The molecule has 0 aliphatic heterocycles. The summed E-state index contributed by atoms with van der Waals surface area (Å²) in [6.07, 6.45) is -2.15. The highest BCUT2D eigenvalue weighted by Crippen LogP contribution is 2.44. The average molecular weight is 237 g/mol. The predicted molar refractivity (Wildman–Crippen MR) is 49.8 cm³/mol. The Morgan fingerprint density at radius 1 is 1.56 bits per heavy atom. The number of rotatable bonds is 3. The highest BCUT2D eigenvalue weighted by molar-refractivity contribution is 5.84. The maximum absolute atomic E-state index is 13.3. The van der Waals surface area contributed by atoms with E-state index >= 15 is 0 Å². The minimum Gasteiger partial charge on any atom is -0.369 e. The predicted octanol–water partition coefficient (Wildman–Crippen LogP) is 2.47. The van der Waals surface area contributed by atoms with Crippen molar-refractivity contribution in [3.8, 4) is 0 Å². The van der Waals surface area contributed by atoms with Gasteiger partial charge in [-0.3, -0.25) is 4.79 Å². The van der Waals surface area contributed by atoms with Gasteiger partial charge < -0.3 is 5.73 Å². The Kier molecular flexibility index (Phi) is 3.40. The van der Waals surface area contributed by atoms with E-state index in [2.05, 4.69) is 0 Å². The molecule has 2 atom stereocenters. The molecule has 0 radical (unpaired) electrons. The van der Waals surface area contributed by atoms with Gasteiger partial charge in [-0.1, -0.05) is 13.0 Å². The van der Waals surface area contributed by atoms with E-state index in [1.165, 1.54) is 0 Å². The minimum absolute atomic E-state index is 0.669. The van der Waals surface area contributed by atoms with Crippen molar-refractivity contribution >= 4 is 5.91 Å². The van der Waals surface area contributed by atoms with Crippen LogP contribution in [0, 0.1) is 11.3 Å². The number of primary amides is 1. The summed E-state index contributed by atoms with van der Waals surface area (Å²) in [7, 11) is 0. The second-order valence-electron chi connectivity index (χ2n) is 3.75. The smallest absolute Gasteiger partial charge is 0.240 e. The van der Waals surface area contributed by atoms with Crippen LogP contribution >= 0.6 is 0 Å². The molecule has 0 saturated heterocycles. The van der Waals surface area contributed by atoms with Gasteiger partial charge in [0.05, 0.1) is 5.41 Å². The summed E-state index contributed by atoms with van der Waals surface area (Å²) in [5, 5.41) is 0. The largest absolute Gasteiger partial charge is 0.369 e. The van der Waals surface area contributed by atoms with Crippen LogP contribution in [-0.2, 0) is 4.79 Å². The zero-order chi connectivity index (χ0) is 12.5. The molecule has 0 bridgehead atoms. The molecule has 1 rings (SSSR count). The first-order chi connectivity index (χ1) is 7.31. The molecule has 0 aromatic heterocycles. The van der Waals surface area contributed by atoms with E-state index in [0.717, 1.165) is 13.0 Å². The van der Waals surface area contributed by atoms with Gasteiger partial charge in [0.1, 0.15) is 5.83 Å². The number of amides is 1. The molecule has 0 fully saturated rings. The Morgan fingerprint density at radius 2 is 2.12 bits per heavy atom. The first kappa shape index (κ1) is 12.7. The van der Waals surface area contributed by atoms with Gasteiger partial charge in [0.25, 0.3) is 0 Å². The third kappa shape index (κ3) is 1.96. The van der Waals surface area contributed by atoms with E-state index in [4.69, 9.17) is 5.73 Å². The van der Waals surface area contributed by atoms with Crippen LogP contribution in [0.2, 0.25) is 0 Å². The molecule has 90 valence electrons. The average Bonchev–Trinajstić information content (AvgIpc) is 2.18. The first-order valence-electron chi connectivity index (χ1n) is 4.63. The number of alkyl halides is 2. The van der Waals surface area contributed by atoms with Crippen LogP contribution in [0.3, 0.4) is 0 Å². The number of hydrogen-bond acceptors (Lipinski definition) is 1. The fourth-order valence-electron chi connectivity index (χ4n) is 1.78. The summed E-state index contributed by atoms with van der Waals surface area (Å²) < 4.78 is 50.8. The maximum Gasteiger partial charge on any atom is 0.240 e. The molecule has 0 aromatic carbocycles. The normalized spacial score (nSPS) is 30.0. The van der Waals surface area contributed by atoms with Gasteiger partial charge in [0, 0.05) is 12.3 Å². The summed E-state index contributed by atoms with van der Waals surface area (Å²) in [5.74, 6) is -4.77. The highest BCUT2D eigenvalue weighted by atomic mass is 19.3. The standard InChI is InChI=1S/C10H11F4NO/c1-5-8(14)6(11)2-3-10(5,9(15)16)4-7(12)13/h2-3,5,7H,4H2,1H3,(H2,15,16). The van der Waals surface area contributed by atoms with Crippen LogP contribution in [0.1, 0.15) is 13.3 Å². The van der Waals surface area contributed by atoms with Crippen LogP contribution in [0.4, 0.5) is 17.6 Å². The fraction of sp³-hybridized carbons (Fsp3) is 0.500. The number of carbonyl (C=O) groups is 1. The van der Waals surface area contributed by atoms with Gasteiger partial charge in [-0.2, -0.15) is 0 Å². The summed E-state index contributed by atoms with van der Waals surface area (Å²) in [5.41, 5.74) is 3.16. The molecule has 1 aliphatic carbocycles. The fourth-order valence-corrected chi connectivity index (χ4v) is 1.78. The molecule has 2 N–H and O–H groups in total. The van der Waals surface area contributed by atoms with E-state index in [9.17, 15) is 22.4 Å². The topological polar surface area (TPSA) is 43.1 Å². The van der Waals surface area contributed by atoms with Crippen molar-refractivity contribution in [1.82, 2.24) is 0 Å². The van der Waals surface area contributed by atoms with Gasteiger partial charge in [0.2, 0.25) is 12.3 Å². The van der Waals surface area contributed by atoms with Crippen molar-refractivity contribution in [3.63, 3.8) is 0 Å². The summed E-state index contributed by atoms with van der Waals surface area (Å²) in [6.45, 7) is 1.16. The van der Waals surface area contributed by atoms with Crippen molar-refractivity contribution in [2.75, 3.05) is 0 Å². The SMILES string of the molecule is CC1C(F)=C(F)C=CC1(CC(F)F)C(N)=O. The zero-order valence-electron chi connectivity index (χ0n) is 8.51. The summed E-state index contributed by atoms with van der Waals surface area (Å²) in [6, 6.07) is 0. The van der Waals surface area contributed by atoms with Crippen molar-refractivity contribution in [2.45, 2.75) is 19.8 Å². The number of carbonyl (C=O) groups excluding carboxylic acids is 1. The Morgan fingerprint density at radius 3 is 2.56 bits per heavy atom. The van der Waals surface area contributed by atoms with Gasteiger partial charge >= 0.3 is 0 Å². The minimum atomic E-state index is -2.83. The molecule has 16 heavy (non-hydrogen) atoms. The van der Waals surface area contributed by atoms with Gasteiger partial charge in [-0.25, -0.2) is 17.6 Å². The molecule has 2 unspecified atom stereocenters. The third-order valence-corrected chi connectivity index (χ3v) is 2.86. The van der Waals surface area contributed by atoms with E-state index in [0.29, 0.717) is 6.08 Å². The molecular weight excluding hydrogens is 226 g/mol. The Balaban J connectivity index is 3.16. The quantitative estimate of drug-likeness (QED) is 0.753. The monoisotopic (exact) mass is 237 g/mol. The number of nitrogens with two attached hydrogens (primary N) is 1. The van der Waals surface area contributed by atoms with Crippen LogP contribution < -0.4 is 5.73 Å². The van der Waals surface area contributed by atoms with Crippen molar-refractivity contribution in [3.05, 3.63) is 23.8 Å². The van der Waals surface area contributed by atoms with Crippen molar-refractivity contribution in [1.29, 1.82) is 0 Å². The van der Waals surface area contributed by atoms with Crippen LogP contribution in [-0.4, -0.2) is 12.3 Å². The number of allylic oxidation sites excluding steroid dienone is 3. The lowest BCUT2D eigenvalue weighted by Gasteiger charge is -2.34. The molecule has 6 heteroatoms. The molecular formula is C10H11F4NO. The molecule has 0 aromatic rings. The van der Waals surface area contributed by atoms with Gasteiger partial charge in [-0.05, 0) is 6.08 Å². The zero-order valence-corrected chi connectivity index (χ0v) is 8.51. The lowest BCUT2D eigenvalue weighted by atomic mass is 9.70. The summed E-state index contributed by atoms with van der Waals surface area (Å²) in [4.78, 5) is 11.2. The number of halogens is 4. The Labute approximate surface area is 89.8 Å². The maximum atomic E-state index is 13.3. The molecule has 1 amide bonds. The van der Waals surface area contributed by atoms with Crippen LogP contribution in [0.25, 0.3) is 0 Å². The summed E-state index contributed by atoms with van der Waals surface area (Å²) >= 11 is 0. The van der Waals surface area contributed by atoms with Crippen LogP contribution in [0.15, 0.2) is 23.8 Å². The lowest BCUT2D eigenvalue weighted by Crippen LogP contribution is -2.43. The second kappa shape index (κ2) is 4.27. The molecule has 1 aliphatic rings. The highest BCUT2D eigenvalue weighted by Gasteiger charge is 2.46. The van der Waals surface area contributed by atoms with E-state index in [1.807, 2.05) is 0 Å².